The van der Waals surface area contributed by atoms with Crippen LogP contribution in [0.15, 0.2) is 48.5 Å². The number of anilines is 2. The van der Waals surface area contributed by atoms with E-state index in [1.807, 2.05) is 0 Å². The summed E-state index contributed by atoms with van der Waals surface area (Å²) < 4.78 is 13.9. The van der Waals surface area contributed by atoms with Gasteiger partial charge >= 0.3 is 0 Å². The van der Waals surface area contributed by atoms with E-state index in [0.717, 1.165) is 0 Å². The zero-order valence-electron chi connectivity index (χ0n) is 14.2. The van der Waals surface area contributed by atoms with Crippen LogP contribution >= 0.6 is 0 Å². The van der Waals surface area contributed by atoms with Gasteiger partial charge in [-0.15, -0.1) is 0 Å². The highest BCUT2D eigenvalue weighted by atomic mass is 19.1. The molecule has 1 fully saturated rings. The number of amides is 3. The average molecular weight is 355 g/mol. The summed E-state index contributed by atoms with van der Waals surface area (Å²) in [4.78, 5) is 37.4. The minimum absolute atomic E-state index is 0.0243. The molecule has 1 saturated heterocycles. The van der Waals surface area contributed by atoms with Gasteiger partial charge in [-0.25, -0.2) is 4.39 Å². The lowest BCUT2D eigenvalue weighted by Gasteiger charge is -2.17. The number of nitrogens with zero attached hydrogens (tertiary/aromatic N) is 1. The van der Waals surface area contributed by atoms with Crippen molar-refractivity contribution in [3.8, 4) is 0 Å². The van der Waals surface area contributed by atoms with Crippen LogP contribution < -0.4 is 15.5 Å². The fraction of sp³-hybridized carbons (Fsp3) is 0.211. The molecule has 0 saturated carbocycles. The highest BCUT2D eigenvalue weighted by molar-refractivity contribution is 6.03. The lowest BCUT2D eigenvalue weighted by Crippen LogP contribution is -2.28. The summed E-state index contributed by atoms with van der Waals surface area (Å²) in [7, 11) is 1.54. The molecule has 1 atom stereocenters. The van der Waals surface area contributed by atoms with Crippen molar-refractivity contribution in [3.63, 3.8) is 0 Å². The Morgan fingerprint density at radius 1 is 1.12 bits per heavy atom. The van der Waals surface area contributed by atoms with Crippen LogP contribution in [0.1, 0.15) is 16.8 Å². The molecular weight excluding hydrogens is 337 g/mol. The highest BCUT2D eigenvalue weighted by Gasteiger charge is 2.36. The van der Waals surface area contributed by atoms with Gasteiger partial charge < -0.3 is 15.5 Å². The Morgan fingerprint density at radius 2 is 1.81 bits per heavy atom. The number of rotatable bonds is 4. The summed E-state index contributed by atoms with van der Waals surface area (Å²) in [5.74, 6) is -1.88. The number of halogens is 1. The zero-order valence-corrected chi connectivity index (χ0v) is 14.2. The minimum Gasteiger partial charge on any atom is -0.355 e. The predicted octanol–water partition coefficient (Wildman–Crippen LogP) is 2.18. The van der Waals surface area contributed by atoms with Crippen LogP contribution in [-0.2, 0) is 9.59 Å². The van der Waals surface area contributed by atoms with Crippen LogP contribution in [0.25, 0.3) is 0 Å². The molecule has 26 heavy (non-hydrogen) atoms. The SMILES string of the molecule is CNC(=O)c1ccc(NC(=O)[C@H]2CC(=O)N(c3ccccc3F)C2)cc1. The molecule has 0 spiro atoms. The molecule has 1 aliphatic rings. The molecule has 134 valence electrons. The maximum Gasteiger partial charge on any atom is 0.251 e. The monoisotopic (exact) mass is 355 g/mol. The predicted molar refractivity (Wildman–Crippen MR) is 95.3 cm³/mol. The molecule has 0 bridgehead atoms. The molecule has 0 unspecified atom stereocenters. The van der Waals surface area contributed by atoms with E-state index in [2.05, 4.69) is 10.6 Å². The molecule has 0 aliphatic carbocycles. The van der Waals surface area contributed by atoms with E-state index in [-0.39, 0.29) is 36.4 Å². The summed E-state index contributed by atoms with van der Waals surface area (Å²) in [6, 6.07) is 12.4. The Bertz CT molecular complexity index is 851. The standard InChI is InChI=1S/C19H18FN3O3/c1-21-18(25)12-6-8-14(9-7-12)22-19(26)13-10-17(24)23(11-13)16-5-3-2-4-15(16)20/h2-9,13H,10-11H2,1H3,(H,21,25)(H,22,26)/t13-/m0/s1. The normalized spacial score (nSPS) is 16.5. The first-order valence-electron chi connectivity index (χ1n) is 8.17. The van der Waals surface area contributed by atoms with E-state index in [1.54, 1.807) is 36.4 Å². The van der Waals surface area contributed by atoms with Gasteiger partial charge in [0, 0.05) is 31.3 Å². The maximum atomic E-state index is 13.9. The lowest BCUT2D eigenvalue weighted by atomic mass is 10.1. The molecule has 2 aromatic carbocycles. The number of carbonyl (C=O) groups excluding carboxylic acids is 3. The second kappa shape index (κ2) is 7.35. The van der Waals surface area contributed by atoms with Gasteiger partial charge in [-0.05, 0) is 36.4 Å². The third-order valence-corrected chi connectivity index (χ3v) is 4.28. The first-order chi connectivity index (χ1) is 12.5. The fourth-order valence-corrected chi connectivity index (χ4v) is 2.88. The van der Waals surface area contributed by atoms with E-state index in [9.17, 15) is 18.8 Å². The van der Waals surface area contributed by atoms with Crippen molar-refractivity contribution in [2.75, 3.05) is 23.8 Å². The average Bonchev–Trinajstić information content (AvgIpc) is 3.04. The number of hydrogen-bond acceptors (Lipinski definition) is 3. The van der Waals surface area contributed by atoms with E-state index in [0.29, 0.717) is 11.3 Å². The number of benzene rings is 2. The van der Waals surface area contributed by atoms with E-state index < -0.39 is 11.7 Å². The molecule has 1 aliphatic heterocycles. The second-order valence-electron chi connectivity index (χ2n) is 6.00. The quantitative estimate of drug-likeness (QED) is 0.882. The molecule has 3 rings (SSSR count). The minimum atomic E-state index is -0.569. The Labute approximate surface area is 150 Å². The van der Waals surface area contributed by atoms with Crippen molar-refractivity contribution in [1.29, 1.82) is 0 Å². The number of para-hydroxylation sites is 1. The third-order valence-electron chi connectivity index (χ3n) is 4.28. The smallest absolute Gasteiger partial charge is 0.251 e. The zero-order chi connectivity index (χ0) is 18.7. The Morgan fingerprint density at radius 3 is 2.46 bits per heavy atom. The van der Waals surface area contributed by atoms with Crippen LogP contribution in [0.3, 0.4) is 0 Å². The molecule has 6 nitrogen and oxygen atoms in total. The van der Waals surface area contributed by atoms with Crippen molar-refractivity contribution in [2.45, 2.75) is 6.42 Å². The molecule has 2 N–H and O–H groups in total. The largest absolute Gasteiger partial charge is 0.355 e. The lowest BCUT2D eigenvalue weighted by molar-refractivity contribution is -0.122. The van der Waals surface area contributed by atoms with Crippen LogP contribution in [0.2, 0.25) is 0 Å². The summed E-state index contributed by atoms with van der Waals surface area (Å²) >= 11 is 0. The van der Waals surface area contributed by atoms with Gasteiger partial charge in [0.1, 0.15) is 5.82 Å². The molecule has 3 amide bonds. The third kappa shape index (κ3) is 3.56. The number of carbonyl (C=O) groups is 3. The van der Waals surface area contributed by atoms with Gasteiger partial charge in [0.2, 0.25) is 11.8 Å². The van der Waals surface area contributed by atoms with Gasteiger partial charge in [-0.3, -0.25) is 14.4 Å². The van der Waals surface area contributed by atoms with E-state index in [1.165, 1.54) is 24.1 Å². The van der Waals surface area contributed by atoms with Crippen molar-refractivity contribution in [1.82, 2.24) is 5.32 Å². The fourth-order valence-electron chi connectivity index (χ4n) is 2.88. The molecule has 7 heteroatoms. The maximum absolute atomic E-state index is 13.9. The Hall–Kier alpha value is -3.22. The second-order valence-corrected chi connectivity index (χ2v) is 6.00. The first kappa shape index (κ1) is 17.6. The molecule has 1 heterocycles. The van der Waals surface area contributed by atoms with Crippen LogP contribution in [-0.4, -0.2) is 31.3 Å². The molecular formula is C19H18FN3O3. The highest BCUT2D eigenvalue weighted by Crippen LogP contribution is 2.28. The summed E-state index contributed by atoms with van der Waals surface area (Å²) in [6.07, 6.45) is 0.0243. The van der Waals surface area contributed by atoms with Crippen LogP contribution in [0, 0.1) is 11.7 Å². The van der Waals surface area contributed by atoms with Crippen molar-refractivity contribution >= 4 is 29.1 Å². The Balaban J connectivity index is 1.67. The van der Waals surface area contributed by atoms with Gasteiger partial charge in [0.05, 0.1) is 11.6 Å². The molecule has 0 aromatic heterocycles. The van der Waals surface area contributed by atoms with Crippen molar-refractivity contribution in [3.05, 3.63) is 59.9 Å². The summed E-state index contributed by atoms with van der Waals surface area (Å²) in [6.45, 7) is 0.127. The van der Waals surface area contributed by atoms with Crippen molar-refractivity contribution in [2.24, 2.45) is 5.92 Å². The van der Waals surface area contributed by atoms with Crippen molar-refractivity contribution < 1.29 is 18.8 Å². The number of nitrogens with one attached hydrogen (secondary N) is 2. The van der Waals surface area contributed by atoms with E-state index >= 15 is 0 Å². The summed E-state index contributed by atoms with van der Waals surface area (Å²) in [5, 5.41) is 5.25. The topological polar surface area (TPSA) is 78.5 Å². The molecule has 0 radical (unpaired) electrons. The molecule has 2 aromatic rings. The van der Waals surface area contributed by atoms with Gasteiger partial charge in [0.15, 0.2) is 0 Å². The van der Waals surface area contributed by atoms with E-state index in [4.69, 9.17) is 0 Å². The summed E-state index contributed by atoms with van der Waals surface area (Å²) in [5.41, 5.74) is 1.19. The first-order valence-corrected chi connectivity index (χ1v) is 8.17. The van der Waals surface area contributed by atoms with Crippen LogP contribution in [0.4, 0.5) is 15.8 Å². The van der Waals surface area contributed by atoms with Gasteiger partial charge in [-0.2, -0.15) is 0 Å². The van der Waals surface area contributed by atoms with Gasteiger partial charge in [-0.1, -0.05) is 12.1 Å². The van der Waals surface area contributed by atoms with Gasteiger partial charge in [0.25, 0.3) is 5.91 Å². The Kier molecular flexibility index (Phi) is 4.97. The van der Waals surface area contributed by atoms with Crippen LogP contribution in [0.5, 0.6) is 0 Å². The number of hydrogen-bond donors (Lipinski definition) is 2.